The van der Waals surface area contributed by atoms with E-state index in [2.05, 4.69) is 5.16 Å². The molecule has 1 heterocycles. The van der Waals surface area contributed by atoms with Crippen LogP contribution in [0.15, 0.2) is 64.2 Å². The molecular formula is C19H13Cl2N3O6. The van der Waals surface area contributed by atoms with Gasteiger partial charge in [-0.1, -0.05) is 28.4 Å². The van der Waals surface area contributed by atoms with Crippen molar-refractivity contribution >= 4 is 40.7 Å². The van der Waals surface area contributed by atoms with Crippen LogP contribution in [0.3, 0.4) is 0 Å². The Labute approximate surface area is 179 Å². The zero-order valence-electron chi connectivity index (χ0n) is 15.1. The number of furan rings is 1. The fourth-order valence-electron chi connectivity index (χ4n) is 2.27. The largest absolute Gasteiger partial charge is 0.486 e. The second-order valence-electron chi connectivity index (χ2n) is 5.79. The molecule has 0 atom stereocenters. The van der Waals surface area contributed by atoms with E-state index in [0.717, 1.165) is 0 Å². The van der Waals surface area contributed by atoms with Crippen molar-refractivity contribution < 1.29 is 23.7 Å². The van der Waals surface area contributed by atoms with Crippen molar-refractivity contribution in [2.45, 2.75) is 6.61 Å². The highest BCUT2D eigenvalue weighted by Crippen LogP contribution is 2.21. The monoisotopic (exact) mass is 449 g/mol. The van der Waals surface area contributed by atoms with Crippen LogP contribution in [0.1, 0.15) is 21.9 Å². The molecule has 11 heteroatoms. The number of hydrogen-bond acceptors (Lipinski definition) is 7. The molecule has 0 fully saturated rings. The molecule has 30 heavy (non-hydrogen) atoms. The van der Waals surface area contributed by atoms with Gasteiger partial charge in [-0.3, -0.25) is 10.1 Å². The number of carbonyl (C=O) groups is 1. The quantitative estimate of drug-likeness (QED) is 0.184. The maximum absolute atomic E-state index is 12.1. The van der Waals surface area contributed by atoms with E-state index in [-0.39, 0.29) is 28.9 Å². The molecule has 0 saturated heterocycles. The van der Waals surface area contributed by atoms with Crippen LogP contribution in [0.2, 0.25) is 10.0 Å². The molecule has 3 rings (SSSR count). The number of halogens is 2. The number of benzene rings is 2. The van der Waals surface area contributed by atoms with Gasteiger partial charge in [0.25, 0.3) is 5.69 Å². The van der Waals surface area contributed by atoms with E-state index in [9.17, 15) is 14.9 Å². The third-order valence-electron chi connectivity index (χ3n) is 3.73. The minimum absolute atomic E-state index is 0.00309. The van der Waals surface area contributed by atoms with Crippen LogP contribution in [0.25, 0.3) is 0 Å². The van der Waals surface area contributed by atoms with Gasteiger partial charge in [-0.2, -0.15) is 0 Å². The van der Waals surface area contributed by atoms with E-state index in [1.807, 2.05) is 0 Å². The smallest absolute Gasteiger partial charge is 0.400 e. The molecular weight excluding hydrogens is 437 g/mol. The van der Waals surface area contributed by atoms with E-state index in [1.165, 1.54) is 48.5 Å². The van der Waals surface area contributed by atoms with Crippen molar-refractivity contribution in [2.75, 3.05) is 0 Å². The summed E-state index contributed by atoms with van der Waals surface area (Å²) in [6.45, 7) is -0.00309. The molecule has 0 bridgehead atoms. The molecule has 154 valence electrons. The Balaban J connectivity index is 1.58. The van der Waals surface area contributed by atoms with Crippen LogP contribution in [-0.4, -0.2) is 16.7 Å². The Morgan fingerprint density at radius 2 is 1.87 bits per heavy atom. The Morgan fingerprint density at radius 1 is 1.13 bits per heavy atom. The highest BCUT2D eigenvalue weighted by atomic mass is 35.5. The molecule has 0 unspecified atom stereocenters. The molecule has 0 saturated carbocycles. The predicted molar refractivity (Wildman–Crippen MR) is 109 cm³/mol. The third kappa shape index (κ3) is 5.28. The summed E-state index contributed by atoms with van der Waals surface area (Å²) in [4.78, 5) is 27.0. The van der Waals surface area contributed by atoms with Gasteiger partial charge in [-0.25, -0.2) is 4.79 Å². The molecule has 2 aromatic carbocycles. The summed E-state index contributed by atoms with van der Waals surface area (Å²) < 4.78 is 10.8. The minimum atomic E-state index is -0.871. The molecule has 1 aromatic heterocycles. The third-order valence-corrected chi connectivity index (χ3v) is 4.27. The lowest BCUT2D eigenvalue weighted by Gasteiger charge is -2.04. The number of rotatable bonds is 7. The predicted octanol–water partition coefficient (Wildman–Crippen LogP) is 4.55. The van der Waals surface area contributed by atoms with Crippen LogP contribution in [-0.2, 0) is 11.4 Å². The first-order valence-corrected chi connectivity index (χ1v) is 9.05. The summed E-state index contributed by atoms with van der Waals surface area (Å²) in [5.41, 5.74) is 6.07. The number of oxime groups is 1. The number of nitrogens with zero attached hydrogens (tertiary/aromatic N) is 2. The van der Waals surface area contributed by atoms with Crippen molar-refractivity contribution in [3.8, 4) is 5.75 Å². The second-order valence-corrected chi connectivity index (χ2v) is 6.63. The number of carbonyl (C=O) groups excluding carboxylic acids is 1. The SMILES string of the molecule is N/C(=N\OC(=O)c1ccc(COc2ccc([N+](=O)[O-])cc2)o1)c1ccc(Cl)cc1Cl. The summed E-state index contributed by atoms with van der Waals surface area (Å²) in [6, 6.07) is 13.0. The van der Waals surface area contributed by atoms with Gasteiger partial charge in [-0.05, 0) is 42.5 Å². The zero-order valence-corrected chi connectivity index (χ0v) is 16.6. The molecule has 9 nitrogen and oxygen atoms in total. The fourth-order valence-corrected chi connectivity index (χ4v) is 2.77. The van der Waals surface area contributed by atoms with Crippen molar-refractivity contribution in [3.63, 3.8) is 0 Å². The number of nitrogens with two attached hydrogens (primary N) is 1. The van der Waals surface area contributed by atoms with Crippen LogP contribution in [0.4, 0.5) is 5.69 Å². The molecule has 0 aliphatic heterocycles. The van der Waals surface area contributed by atoms with Gasteiger partial charge in [-0.15, -0.1) is 0 Å². The fraction of sp³-hybridized carbons (Fsp3) is 0.0526. The Kier molecular flexibility index (Phi) is 6.55. The summed E-state index contributed by atoms with van der Waals surface area (Å²) >= 11 is 11.8. The standard InChI is InChI=1S/C19H13Cl2N3O6/c20-11-1-7-15(16(21)9-11)18(22)23-30-19(25)17-8-6-14(29-17)10-28-13-4-2-12(3-5-13)24(26)27/h1-9H,10H2,(H2,22,23). The minimum Gasteiger partial charge on any atom is -0.486 e. The lowest BCUT2D eigenvalue weighted by Crippen LogP contribution is -2.15. The molecule has 2 N–H and O–H groups in total. The lowest BCUT2D eigenvalue weighted by molar-refractivity contribution is -0.384. The first-order chi connectivity index (χ1) is 14.3. The van der Waals surface area contributed by atoms with Crippen LogP contribution in [0.5, 0.6) is 5.75 Å². The van der Waals surface area contributed by atoms with E-state index < -0.39 is 10.9 Å². The number of nitro groups is 1. The van der Waals surface area contributed by atoms with Gasteiger partial charge >= 0.3 is 5.97 Å². The number of non-ortho nitro benzene ring substituents is 1. The molecule has 0 radical (unpaired) electrons. The van der Waals surface area contributed by atoms with Gasteiger partial charge in [0.15, 0.2) is 5.84 Å². The first-order valence-electron chi connectivity index (χ1n) is 8.29. The zero-order chi connectivity index (χ0) is 21.7. The van der Waals surface area contributed by atoms with Crippen molar-refractivity contribution in [1.82, 2.24) is 0 Å². The van der Waals surface area contributed by atoms with E-state index in [1.54, 1.807) is 6.07 Å². The molecule has 0 aliphatic rings. The maximum Gasteiger partial charge on any atom is 0.400 e. The summed E-state index contributed by atoms with van der Waals surface area (Å²) in [6.07, 6.45) is 0. The number of hydrogen-bond donors (Lipinski definition) is 1. The topological polar surface area (TPSA) is 130 Å². The van der Waals surface area contributed by atoms with Gasteiger partial charge in [0.2, 0.25) is 5.76 Å². The van der Waals surface area contributed by atoms with E-state index >= 15 is 0 Å². The summed E-state index contributed by atoms with van der Waals surface area (Å²) in [7, 11) is 0. The number of amidine groups is 1. The number of ether oxygens (including phenoxy) is 1. The van der Waals surface area contributed by atoms with Crippen molar-refractivity contribution in [2.24, 2.45) is 10.9 Å². The molecule has 0 amide bonds. The van der Waals surface area contributed by atoms with Gasteiger partial charge in [0, 0.05) is 22.7 Å². The van der Waals surface area contributed by atoms with Crippen LogP contribution in [0, 0.1) is 10.1 Å². The molecule has 3 aromatic rings. The van der Waals surface area contributed by atoms with Gasteiger partial charge in [0.1, 0.15) is 18.1 Å². The Morgan fingerprint density at radius 3 is 2.53 bits per heavy atom. The average molecular weight is 450 g/mol. The van der Waals surface area contributed by atoms with Crippen molar-refractivity contribution in [3.05, 3.63) is 91.8 Å². The highest BCUT2D eigenvalue weighted by molar-refractivity contribution is 6.36. The van der Waals surface area contributed by atoms with Gasteiger partial charge < -0.3 is 19.7 Å². The number of nitro benzene ring substituents is 1. The normalized spacial score (nSPS) is 11.2. The van der Waals surface area contributed by atoms with Crippen molar-refractivity contribution in [1.29, 1.82) is 0 Å². The van der Waals surface area contributed by atoms with Crippen LogP contribution < -0.4 is 10.5 Å². The average Bonchev–Trinajstić information content (AvgIpc) is 3.19. The maximum atomic E-state index is 12.1. The molecule has 0 spiro atoms. The molecule has 0 aliphatic carbocycles. The lowest BCUT2D eigenvalue weighted by atomic mass is 10.2. The van der Waals surface area contributed by atoms with E-state index in [4.69, 9.17) is 42.9 Å². The second kappa shape index (κ2) is 9.29. The highest BCUT2D eigenvalue weighted by Gasteiger charge is 2.15. The van der Waals surface area contributed by atoms with Gasteiger partial charge in [0.05, 0.1) is 9.95 Å². The summed E-state index contributed by atoms with van der Waals surface area (Å²) in [5, 5.41) is 14.9. The Hall–Kier alpha value is -3.56. The Bertz CT molecular complexity index is 1110. The first kappa shape index (κ1) is 21.2. The van der Waals surface area contributed by atoms with E-state index in [0.29, 0.717) is 22.1 Å². The summed E-state index contributed by atoms with van der Waals surface area (Å²) in [5.74, 6) is -0.365. The van der Waals surface area contributed by atoms with Crippen LogP contribution >= 0.6 is 23.2 Å².